The molecule has 1 aromatic rings. The van der Waals surface area contributed by atoms with Crippen molar-refractivity contribution >= 4 is 11.9 Å². The Labute approximate surface area is 176 Å². The minimum Gasteiger partial charge on any atom is -0.462 e. The summed E-state index contributed by atoms with van der Waals surface area (Å²) in [7, 11) is 1.71. The molecule has 0 N–H and O–H groups in total. The Morgan fingerprint density at radius 1 is 0.759 bits per heavy atom. The Morgan fingerprint density at radius 3 is 1.90 bits per heavy atom. The first-order chi connectivity index (χ1) is 14.1. The van der Waals surface area contributed by atoms with Gasteiger partial charge in [0.15, 0.2) is 0 Å². The van der Waals surface area contributed by atoms with E-state index in [1.54, 1.807) is 31.4 Å². The van der Waals surface area contributed by atoms with E-state index in [1.165, 1.54) is 19.3 Å². The van der Waals surface area contributed by atoms with E-state index in [-0.39, 0.29) is 11.1 Å². The summed E-state index contributed by atoms with van der Waals surface area (Å²) in [5, 5.41) is 0. The number of methoxy groups -OCH3 is 1. The Bertz CT molecular complexity index is 584. The molecule has 0 fully saturated rings. The zero-order chi connectivity index (χ0) is 21.3. The van der Waals surface area contributed by atoms with E-state index in [2.05, 4.69) is 13.8 Å². The van der Waals surface area contributed by atoms with E-state index in [0.29, 0.717) is 19.1 Å². The van der Waals surface area contributed by atoms with Gasteiger partial charge in [0, 0.05) is 13.7 Å². The fourth-order valence-corrected chi connectivity index (χ4v) is 3.23. The van der Waals surface area contributed by atoms with E-state index in [0.717, 1.165) is 45.1 Å². The van der Waals surface area contributed by atoms with Crippen molar-refractivity contribution in [2.24, 2.45) is 5.92 Å². The Balaban J connectivity index is 2.56. The number of carbonyl (C=O) groups is 2. The molecular weight excluding hydrogens is 368 g/mol. The average molecular weight is 407 g/mol. The van der Waals surface area contributed by atoms with Crippen LogP contribution in [-0.4, -0.2) is 38.9 Å². The normalized spacial score (nSPS) is 11.8. The first kappa shape index (κ1) is 25.2. The van der Waals surface area contributed by atoms with Gasteiger partial charge in [-0.25, -0.2) is 9.59 Å². The Morgan fingerprint density at radius 2 is 1.31 bits per heavy atom. The maximum atomic E-state index is 12.5. The van der Waals surface area contributed by atoms with E-state index in [4.69, 9.17) is 14.2 Å². The van der Waals surface area contributed by atoms with Gasteiger partial charge in [-0.3, -0.25) is 0 Å². The summed E-state index contributed by atoms with van der Waals surface area (Å²) in [6.45, 7) is 5.72. The van der Waals surface area contributed by atoms with Crippen LogP contribution in [0.3, 0.4) is 0 Å². The van der Waals surface area contributed by atoms with Gasteiger partial charge in [0.2, 0.25) is 0 Å². The molecule has 1 atom stereocenters. The number of hydrogen-bond donors (Lipinski definition) is 0. The highest BCUT2D eigenvalue weighted by atomic mass is 16.5. The minimum absolute atomic E-state index is 0.271. The fraction of sp³-hybridized carbons (Fsp3) is 0.667. The number of benzene rings is 1. The van der Waals surface area contributed by atoms with Gasteiger partial charge in [-0.2, -0.15) is 0 Å². The topological polar surface area (TPSA) is 61.8 Å². The van der Waals surface area contributed by atoms with Crippen LogP contribution in [-0.2, 0) is 14.2 Å². The highest BCUT2D eigenvalue weighted by Crippen LogP contribution is 2.19. The van der Waals surface area contributed by atoms with Crippen LogP contribution in [0.1, 0.15) is 92.4 Å². The van der Waals surface area contributed by atoms with Crippen molar-refractivity contribution in [2.75, 3.05) is 26.9 Å². The maximum Gasteiger partial charge on any atom is 0.339 e. The summed E-state index contributed by atoms with van der Waals surface area (Å²) in [4.78, 5) is 24.9. The molecule has 0 spiro atoms. The molecular formula is C24H38O5. The Hall–Kier alpha value is -1.88. The minimum atomic E-state index is -0.467. The molecule has 0 heterocycles. The van der Waals surface area contributed by atoms with Crippen molar-refractivity contribution in [1.82, 2.24) is 0 Å². The molecule has 0 aliphatic rings. The molecule has 5 nitrogen and oxygen atoms in total. The van der Waals surface area contributed by atoms with Gasteiger partial charge >= 0.3 is 11.9 Å². The molecule has 0 aliphatic carbocycles. The summed E-state index contributed by atoms with van der Waals surface area (Å²) in [5.74, 6) is -0.454. The second-order valence-electron chi connectivity index (χ2n) is 7.46. The molecule has 5 heteroatoms. The molecule has 0 bridgehead atoms. The van der Waals surface area contributed by atoms with Crippen LogP contribution < -0.4 is 0 Å². The standard InChI is InChI=1S/C24H38O5/c1-4-6-8-12-20(15-18-27-3)16-19-29-24(26)22-14-10-9-13-21(22)23(25)28-17-11-7-5-2/h9-10,13-14,20H,4-8,11-12,15-19H2,1-3H3. The Kier molecular flexibility index (Phi) is 13.9. The van der Waals surface area contributed by atoms with Crippen LogP contribution in [0.5, 0.6) is 0 Å². The molecule has 0 aliphatic heterocycles. The van der Waals surface area contributed by atoms with Gasteiger partial charge in [0.05, 0.1) is 24.3 Å². The summed E-state index contributed by atoms with van der Waals surface area (Å²) in [5.41, 5.74) is 0.542. The monoisotopic (exact) mass is 406 g/mol. The lowest BCUT2D eigenvalue weighted by molar-refractivity contribution is 0.0436. The van der Waals surface area contributed by atoms with Crippen molar-refractivity contribution in [3.05, 3.63) is 35.4 Å². The highest BCUT2D eigenvalue weighted by Gasteiger charge is 2.19. The predicted octanol–water partition coefficient (Wildman–Crippen LogP) is 5.81. The second-order valence-corrected chi connectivity index (χ2v) is 7.46. The van der Waals surface area contributed by atoms with Crippen LogP contribution in [0.25, 0.3) is 0 Å². The number of unbranched alkanes of at least 4 members (excludes halogenated alkanes) is 4. The van der Waals surface area contributed by atoms with Gasteiger partial charge in [-0.15, -0.1) is 0 Å². The first-order valence-corrected chi connectivity index (χ1v) is 11.1. The van der Waals surface area contributed by atoms with Crippen molar-refractivity contribution in [3.8, 4) is 0 Å². The molecule has 29 heavy (non-hydrogen) atoms. The number of carbonyl (C=O) groups excluding carboxylic acids is 2. The van der Waals surface area contributed by atoms with Crippen LogP contribution in [0.2, 0.25) is 0 Å². The van der Waals surface area contributed by atoms with E-state index >= 15 is 0 Å². The first-order valence-electron chi connectivity index (χ1n) is 11.1. The van der Waals surface area contributed by atoms with E-state index in [9.17, 15) is 9.59 Å². The largest absolute Gasteiger partial charge is 0.462 e. The zero-order valence-electron chi connectivity index (χ0n) is 18.4. The SMILES string of the molecule is CCCCCOC(=O)c1ccccc1C(=O)OCCC(CCCCC)CCOC. The van der Waals surface area contributed by atoms with Crippen molar-refractivity contribution < 1.29 is 23.8 Å². The van der Waals surface area contributed by atoms with Crippen LogP contribution in [0.4, 0.5) is 0 Å². The number of ether oxygens (including phenoxy) is 3. The summed E-state index contributed by atoms with van der Waals surface area (Å²) < 4.78 is 16.0. The quantitative estimate of drug-likeness (QED) is 0.256. The highest BCUT2D eigenvalue weighted by molar-refractivity contribution is 6.03. The lowest BCUT2D eigenvalue weighted by atomic mass is 9.95. The summed E-state index contributed by atoms with van der Waals surface area (Å²) in [6.07, 6.45) is 9.40. The van der Waals surface area contributed by atoms with E-state index in [1.807, 2.05) is 0 Å². The molecule has 1 rings (SSSR count). The molecule has 0 saturated carbocycles. The van der Waals surface area contributed by atoms with Crippen molar-refractivity contribution in [1.29, 1.82) is 0 Å². The smallest absolute Gasteiger partial charge is 0.339 e. The maximum absolute atomic E-state index is 12.5. The molecule has 0 saturated heterocycles. The lowest BCUT2D eigenvalue weighted by Gasteiger charge is -2.16. The third kappa shape index (κ3) is 10.5. The number of esters is 2. The van der Waals surface area contributed by atoms with Gasteiger partial charge in [0.25, 0.3) is 0 Å². The number of hydrogen-bond acceptors (Lipinski definition) is 5. The van der Waals surface area contributed by atoms with Crippen LogP contribution in [0.15, 0.2) is 24.3 Å². The fourth-order valence-electron chi connectivity index (χ4n) is 3.23. The molecule has 0 radical (unpaired) electrons. The lowest BCUT2D eigenvalue weighted by Crippen LogP contribution is -2.16. The summed E-state index contributed by atoms with van der Waals surface area (Å²) in [6, 6.07) is 6.70. The summed E-state index contributed by atoms with van der Waals surface area (Å²) >= 11 is 0. The second kappa shape index (κ2) is 16.0. The number of rotatable bonds is 16. The molecule has 0 aromatic heterocycles. The van der Waals surface area contributed by atoms with Crippen molar-refractivity contribution in [2.45, 2.75) is 71.6 Å². The van der Waals surface area contributed by atoms with Crippen LogP contribution in [0, 0.1) is 5.92 Å². The predicted molar refractivity (Wildman–Crippen MR) is 115 cm³/mol. The van der Waals surface area contributed by atoms with Gasteiger partial charge in [-0.05, 0) is 37.3 Å². The molecule has 1 aromatic carbocycles. The van der Waals surface area contributed by atoms with Crippen LogP contribution >= 0.6 is 0 Å². The van der Waals surface area contributed by atoms with E-state index < -0.39 is 11.9 Å². The van der Waals surface area contributed by atoms with Gasteiger partial charge in [0.1, 0.15) is 0 Å². The van der Waals surface area contributed by atoms with Gasteiger partial charge in [-0.1, -0.05) is 64.5 Å². The van der Waals surface area contributed by atoms with Gasteiger partial charge < -0.3 is 14.2 Å². The molecule has 1 unspecified atom stereocenters. The third-order valence-corrected chi connectivity index (χ3v) is 5.05. The average Bonchev–Trinajstić information content (AvgIpc) is 2.74. The third-order valence-electron chi connectivity index (χ3n) is 5.05. The zero-order valence-corrected chi connectivity index (χ0v) is 18.4. The van der Waals surface area contributed by atoms with Crippen molar-refractivity contribution in [3.63, 3.8) is 0 Å². The molecule has 164 valence electrons. The molecule has 0 amide bonds.